The van der Waals surface area contributed by atoms with Crippen LogP contribution in [0.3, 0.4) is 0 Å². The second-order valence-electron chi connectivity index (χ2n) is 4.92. The van der Waals surface area contributed by atoms with Crippen LogP contribution < -0.4 is 4.74 Å². The lowest BCUT2D eigenvalue weighted by Crippen LogP contribution is -2.08. The predicted octanol–water partition coefficient (Wildman–Crippen LogP) is 2.47. The van der Waals surface area contributed by atoms with Gasteiger partial charge in [0.15, 0.2) is 5.65 Å². The third-order valence-electron chi connectivity index (χ3n) is 3.40. The van der Waals surface area contributed by atoms with Gasteiger partial charge in [-0.3, -0.25) is 4.68 Å². The lowest BCUT2D eigenvalue weighted by molar-refractivity contribution is 0.0468. The Bertz CT molecular complexity index is 876. The van der Waals surface area contributed by atoms with Gasteiger partial charge in [0, 0.05) is 13.2 Å². The summed E-state index contributed by atoms with van der Waals surface area (Å²) in [6, 6.07) is 5.88. The average Bonchev–Trinajstić information content (AvgIpc) is 2.93. The average molecular weight is 315 g/mol. The van der Waals surface area contributed by atoms with Crippen molar-refractivity contribution < 1.29 is 18.7 Å². The van der Waals surface area contributed by atoms with Crippen molar-refractivity contribution in [1.29, 1.82) is 0 Å². The number of carbonyl (C=O) groups is 1. The number of pyridine rings is 1. The van der Waals surface area contributed by atoms with E-state index in [1.54, 1.807) is 30.1 Å². The maximum absolute atomic E-state index is 13.1. The van der Waals surface area contributed by atoms with Gasteiger partial charge < -0.3 is 9.47 Å². The Kier molecular flexibility index (Phi) is 3.92. The summed E-state index contributed by atoms with van der Waals surface area (Å²) in [6.07, 6.45) is 2.96. The minimum atomic E-state index is -0.593. The highest BCUT2D eigenvalue weighted by atomic mass is 19.1. The van der Waals surface area contributed by atoms with Gasteiger partial charge in [-0.15, -0.1) is 0 Å². The van der Waals surface area contributed by atoms with Crippen LogP contribution in [-0.2, 0) is 18.4 Å². The van der Waals surface area contributed by atoms with Crippen LogP contribution in [0.25, 0.3) is 11.0 Å². The molecule has 0 unspecified atom stereocenters. The minimum Gasteiger partial charge on any atom is -0.495 e. The van der Waals surface area contributed by atoms with E-state index in [1.807, 2.05) is 0 Å². The van der Waals surface area contributed by atoms with Crippen LogP contribution in [0.15, 0.2) is 36.7 Å². The van der Waals surface area contributed by atoms with Gasteiger partial charge >= 0.3 is 5.97 Å². The van der Waals surface area contributed by atoms with Gasteiger partial charge in [-0.1, -0.05) is 12.1 Å². The van der Waals surface area contributed by atoms with E-state index in [0.717, 1.165) is 0 Å². The number of carbonyl (C=O) groups excluding carboxylic acids is 1. The number of fused-ring (bicyclic) bond motifs is 1. The number of ether oxygens (including phenoxy) is 2. The molecule has 2 heterocycles. The molecular weight excluding hydrogens is 301 g/mol. The van der Waals surface area contributed by atoms with Gasteiger partial charge in [-0.05, 0) is 17.7 Å². The van der Waals surface area contributed by atoms with Crippen molar-refractivity contribution in [3.8, 4) is 5.75 Å². The summed E-state index contributed by atoms with van der Waals surface area (Å²) in [5.74, 6) is -0.619. The van der Waals surface area contributed by atoms with Gasteiger partial charge in [0.1, 0.15) is 23.7 Å². The molecule has 118 valence electrons. The summed E-state index contributed by atoms with van der Waals surface area (Å²) in [5.41, 5.74) is 1.36. The summed E-state index contributed by atoms with van der Waals surface area (Å²) in [7, 11) is 3.21. The van der Waals surface area contributed by atoms with Crippen LogP contribution in [0.4, 0.5) is 4.39 Å². The number of methoxy groups -OCH3 is 1. The second kappa shape index (κ2) is 6.04. The van der Waals surface area contributed by atoms with Crippen LogP contribution in [0.5, 0.6) is 5.75 Å². The first-order valence-corrected chi connectivity index (χ1v) is 6.86. The van der Waals surface area contributed by atoms with E-state index >= 15 is 0 Å². The number of halogens is 1. The molecule has 0 aliphatic carbocycles. The Morgan fingerprint density at radius 2 is 2.17 bits per heavy atom. The molecule has 0 N–H and O–H groups in total. The molecule has 0 fully saturated rings. The quantitative estimate of drug-likeness (QED) is 0.692. The molecule has 2 aromatic heterocycles. The first kappa shape index (κ1) is 15.0. The summed E-state index contributed by atoms with van der Waals surface area (Å²) < 4.78 is 25.2. The molecule has 0 aliphatic rings. The highest BCUT2D eigenvalue weighted by Crippen LogP contribution is 2.28. The SMILES string of the molecule is COc1c(C(=O)OCc2cccc(F)c2)cnc2c1cnn2C. The van der Waals surface area contributed by atoms with Crippen molar-refractivity contribution in [3.63, 3.8) is 0 Å². The number of hydrogen-bond donors (Lipinski definition) is 0. The standard InChI is InChI=1S/C16H14FN3O3/c1-20-15-12(8-19-20)14(22-2)13(7-18-15)16(21)23-9-10-4-3-5-11(17)6-10/h3-8H,9H2,1-2H3. The molecule has 0 bridgehead atoms. The fourth-order valence-electron chi connectivity index (χ4n) is 2.29. The maximum Gasteiger partial charge on any atom is 0.343 e. The number of nitrogens with zero attached hydrogens (tertiary/aromatic N) is 3. The van der Waals surface area contributed by atoms with Crippen molar-refractivity contribution in [2.24, 2.45) is 7.05 Å². The van der Waals surface area contributed by atoms with Gasteiger partial charge in [0.05, 0.1) is 18.7 Å². The molecule has 0 saturated heterocycles. The van der Waals surface area contributed by atoms with Crippen LogP contribution in [0, 0.1) is 5.82 Å². The Hall–Kier alpha value is -2.96. The highest BCUT2D eigenvalue weighted by molar-refractivity contribution is 5.98. The van der Waals surface area contributed by atoms with Crippen LogP contribution in [0.2, 0.25) is 0 Å². The molecular formula is C16H14FN3O3. The molecule has 23 heavy (non-hydrogen) atoms. The van der Waals surface area contributed by atoms with Gasteiger partial charge in [-0.25, -0.2) is 14.2 Å². The first-order chi connectivity index (χ1) is 11.1. The van der Waals surface area contributed by atoms with Gasteiger partial charge in [0.25, 0.3) is 0 Å². The molecule has 0 amide bonds. The van der Waals surface area contributed by atoms with Crippen molar-refractivity contribution in [3.05, 3.63) is 53.6 Å². The fraction of sp³-hybridized carbons (Fsp3) is 0.188. The zero-order valence-corrected chi connectivity index (χ0v) is 12.6. The van der Waals surface area contributed by atoms with E-state index in [0.29, 0.717) is 22.3 Å². The maximum atomic E-state index is 13.1. The number of aryl methyl sites for hydroxylation is 1. The Morgan fingerprint density at radius 1 is 1.35 bits per heavy atom. The van der Waals surface area contributed by atoms with Crippen LogP contribution >= 0.6 is 0 Å². The zero-order valence-electron chi connectivity index (χ0n) is 12.6. The summed E-state index contributed by atoms with van der Waals surface area (Å²) in [6.45, 7) is -0.0369. The topological polar surface area (TPSA) is 66.2 Å². The molecule has 3 rings (SSSR count). The zero-order chi connectivity index (χ0) is 16.4. The number of benzene rings is 1. The van der Waals surface area contributed by atoms with Crippen LogP contribution in [0.1, 0.15) is 15.9 Å². The normalized spacial score (nSPS) is 10.7. The molecule has 0 saturated carbocycles. The summed E-state index contributed by atoms with van der Waals surface area (Å²) in [4.78, 5) is 16.5. The van der Waals surface area contributed by atoms with Gasteiger partial charge in [-0.2, -0.15) is 5.10 Å². The van der Waals surface area contributed by atoms with E-state index in [-0.39, 0.29) is 18.0 Å². The smallest absolute Gasteiger partial charge is 0.343 e. The van der Waals surface area contributed by atoms with E-state index in [9.17, 15) is 9.18 Å². The highest BCUT2D eigenvalue weighted by Gasteiger charge is 2.19. The summed E-state index contributed by atoms with van der Waals surface area (Å²) >= 11 is 0. The molecule has 0 aliphatic heterocycles. The molecule has 3 aromatic rings. The largest absolute Gasteiger partial charge is 0.495 e. The van der Waals surface area contributed by atoms with Crippen LogP contribution in [-0.4, -0.2) is 27.8 Å². The van der Waals surface area contributed by atoms with E-state index in [1.165, 1.54) is 25.4 Å². The van der Waals surface area contributed by atoms with E-state index in [4.69, 9.17) is 9.47 Å². The molecule has 0 radical (unpaired) electrons. The molecule has 1 aromatic carbocycles. The predicted molar refractivity (Wildman–Crippen MR) is 80.6 cm³/mol. The number of hydrogen-bond acceptors (Lipinski definition) is 5. The monoisotopic (exact) mass is 315 g/mol. The van der Waals surface area contributed by atoms with E-state index in [2.05, 4.69) is 10.1 Å². The molecule has 7 heteroatoms. The first-order valence-electron chi connectivity index (χ1n) is 6.86. The van der Waals surface area contributed by atoms with Crippen molar-refractivity contribution in [1.82, 2.24) is 14.8 Å². The van der Waals surface area contributed by atoms with Crippen molar-refractivity contribution in [2.75, 3.05) is 7.11 Å². The molecule has 0 spiro atoms. The molecule has 6 nitrogen and oxygen atoms in total. The number of esters is 1. The second-order valence-corrected chi connectivity index (χ2v) is 4.92. The van der Waals surface area contributed by atoms with Crippen molar-refractivity contribution in [2.45, 2.75) is 6.61 Å². The Labute approximate surface area is 131 Å². The minimum absolute atomic E-state index is 0.0369. The van der Waals surface area contributed by atoms with Crippen molar-refractivity contribution >= 4 is 17.0 Å². The third-order valence-corrected chi connectivity index (χ3v) is 3.40. The lowest BCUT2D eigenvalue weighted by atomic mass is 10.2. The Balaban J connectivity index is 1.86. The molecule has 0 atom stereocenters. The third kappa shape index (κ3) is 2.85. The van der Waals surface area contributed by atoms with Gasteiger partial charge in [0.2, 0.25) is 0 Å². The number of rotatable bonds is 4. The summed E-state index contributed by atoms with van der Waals surface area (Å²) in [5, 5.41) is 4.71. The fourth-order valence-corrected chi connectivity index (χ4v) is 2.29. The lowest BCUT2D eigenvalue weighted by Gasteiger charge is -2.09. The Morgan fingerprint density at radius 3 is 2.91 bits per heavy atom. The number of aromatic nitrogens is 3. The van der Waals surface area contributed by atoms with E-state index < -0.39 is 5.97 Å².